The second-order valence-corrected chi connectivity index (χ2v) is 11.8. The standard InChI is InChI=1S/C29H36O9/c1-17-7-10-27-15-34-24(32)13-19-8-11-35-28(18(2)30,25(19)33)9-5-4-6-23(31)38-20-14-22(37-21(27)12-17)29(16-36-29)26(20,27)3/h4-6,9,12-13,18,20-22,25,30,33H,7-8,10-11,14-16H2,1-3H3/b6-4-,9-5+,19-13-/t18-,20+,21+,22+,25+,26+,27+,28+,29-/m0/s1. The van der Waals surface area contributed by atoms with E-state index in [1.54, 1.807) is 6.08 Å². The molecule has 6 rings (SSSR count). The van der Waals surface area contributed by atoms with E-state index in [2.05, 4.69) is 19.9 Å². The van der Waals surface area contributed by atoms with Crippen LogP contribution >= 0.6 is 0 Å². The van der Waals surface area contributed by atoms with Crippen molar-refractivity contribution in [3.63, 3.8) is 0 Å². The lowest BCUT2D eigenvalue weighted by Gasteiger charge is -2.58. The van der Waals surface area contributed by atoms with Gasteiger partial charge < -0.3 is 33.9 Å². The van der Waals surface area contributed by atoms with Crippen molar-refractivity contribution in [1.29, 1.82) is 0 Å². The van der Waals surface area contributed by atoms with Crippen molar-refractivity contribution in [1.82, 2.24) is 0 Å². The van der Waals surface area contributed by atoms with Gasteiger partial charge in [0.25, 0.3) is 0 Å². The van der Waals surface area contributed by atoms with E-state index in [0.717, 1.165) is 6.42 Å². The number of hydrogen-bond donors (Lipinski definition) is 2. The molecule has 0 unspecified atom stereocenters. The lowest BCUT2D eigenvalue weighted by atomic mass is 9.51. The summed E-state index contributed by atoms with van der Waals surface area (Å²) in [5.41, 5.74) is -1.76. The zero-order chi connectivity index (χ0) is 26.9. The molecule has 4 fully saturated rings. The maximum atomic E-state index is 13.2. The van der Waals surface area contributed by atoms with E-state index >= 15 is 0 Å². The van der Waals surface area contributed by atoms with Crippen LogP contribution in [0.25, 0.3) is 0 Å². The Balaban J connectivity index is 1.44. The number of cyclic esters (lactones) is 1. The molecule has 3 saturated heterocycles. The van der Waals surface area contributed by atoms with Crippen LogP contribution in [-0.2, 0) is 33.3 Å². The average molecular weight is 529 g/mol. The zero-order valence-corrected chi connectivity index (χ0v) is 22.1. The van der Waals surface area contributed by atoms with Gasteiger partial charge in [0.2, 0.25) is 0 Å². The van der Waals surface area contributed by atoms with Crippen molar-refractivity contribution in [2.45, 2.75) is 88.2 Å². The van der Waals surface area contributed by atoms with Crippen LogP contribution in [-0.4, -0.2) is 83.7 Å². The van der Waals surface area contributed by atoms with E-state index < -0.39 is 52.3 Å². The van der Waals surface area contributed by atoms with Crippen LogP contribution in [0.15, 0.2) is 47.6 Å². The van der Waals surface area contributed by atoms with Crippen molar-refractivity contribution < 1.29 is 43.5 Å². The first-order valence-corrected chi connectivity index (χ1v) is 13.5. The summed E-state index contributed by atoms with van der Waals surface area (Å²) in [5, 5.41) is 21.7. The third kappa shape index (κ3) is 3.48. The first-order chi connectivity index (χ1) is 18.1. The number of aliphatic hydroxyl groups is 2. The molecule has 206 valence electrons. The Morgan fingerprint density at radius 3 is 2.61 bits per heavy atom. The number of ether oxygens (including phenoxy) is 5. The lowest BCUT2D eigenvalue weighted by molar-refractivity contribution is -0.232. The maximum Gasteiger partial charge on any atom is 0.331 e. The first kappa shape index (κ1) is 26.0. The summed E-state index contributed by atoms with van der Waals surface area (Å²) in [7, 11) is 0. The fourth-order valence-corrected chi connectivity index (χ4v) is 7.68. The van der Waals surface area contributed by atoms with E-state index in [9.17, 15) is 19.8 Å². The minimum atomic E-state index is -1.47. The van der Waals surface area contributed by atoms with Gasteiger partial charge >= 0.3 is 11.9 Å². The van der Waals surface area contributed by atoms with E-state index in [1.807, 2.05) is 0 Å². The number of allylic oxidation sites excluding steroid dienone is 3. The number of hydrogen-bond acceptors (Lipinski definition) is 9. The van der Waals surface area contributed by atoms with Gasteiger partial charge in [0.05, 0.1) is 36.9 Å². The van der Waals surface area contributed by atoms with Gasteiger partial charge in [0, 0.05) is 24.0 Å². The minimum Gasteiger partial charge on any atom is -0.462 e. The molecule has 9 nitrogen and oxygen atoms in total. The number of carbonyl (C=O) groups is 2. The van der Waals surface area contributed by atoms with Gasteiger partial charge in [0.1, 0.15) is 30.0 Å². The largest absolute Gasteiger partial charge is 0.462 e. The molecule has 4 bridgehead atoms. The van der Waals surface area contributed by atoms with E-state index in [-0.39, 0.29) is 25.4 Å². The van der Waals surface area contributed by atoms with Crippen molar-refractivity contribution in [3.8, 4) is 0 Å². The third-order valence-electron chi connectivity index (χ3n) is 10.1. The molecule has 0 aromatic heterocycles. The molecular formula is C29H36O9. The molecule has 6 aliphatic rings. The van der Waals surface area contributed by atoms with Crippen LogP contribution in [0.5, 0.6) is 0 Å². The highest BCUT2D eigenvalue weighted by Gasteiger charge is 2.83. The number of fused-ring (bicyclic) bond motifs is 2. The fraction of sp³-hybridized carbons (Fsp3) is 0.655. The Morgan fingerprint density at radius 2 is 1.87 bits per heavy atom. The van der Waals surface area contributed by atoms with Gasteiger partial charge in [-0.1, -0.05) is 30.7 Å². The molecule has 0 amide bonds. The zero-order valence-electron chi connectivity index (χ0n) is 22.1. The summed E-state index contributed by atoms with van der Waals surface area (Å²) in [6, 6.07) is 0. The Kier molecular flexibility index (Phi) is 6.05. The highest BCUT2D eigenvalue weighted by molar-refractivity contribution is 5.83. The quantitative estimate of drug-likeness (QED) is 0.299. The van der Waals surface area contributed by atoms with Gasteiger partial charge in [-0.05, 0) is 44.8 Å². The third-order valence-corrected chi connectivity index (χ3v) is 10.1. The number of rotatable bonds is 1. The summed E-state index contributed by atoms with van der Waals surface area (Å²) >= 11 is 0. The molecule has 1 saturated carbocycles. The first-order valence-electron chi connectivity index (χ1n) is 13.5. The monoisotopic (exact) mass is 528 g/mol. The Hall–Kier alpha value is -2.30. The van der Waals surface area contributed by atoms with Gasteiger partial charge in [0.15, 0.2) is 0 Å². The molecule has 38 heavy (non-hydrogen) atoms. The van der Waals surface area contributed by atoms with Gasteiger partial charge in [-0.15, -0.1) is 0 Å². The van der Waals surface area contributed by atoms with Crippen LogP contribution in [0.2, 0.25) is 0 Å². The molecule has 0 radical (unpaired) electrons. The fourth-order valence-electron chi connectivity index (χ4n) is 7.68. The predicted molar refractivity (Wildman–Crippen MR) is 134 cm³/mol. The Bertz CT molecular complexity index is 1150. The molecule has 2 N–H and O–H groups in total. The molecule has 4 aliphatic heterocycles. The number of carbonyl (C=O) groups excluding carboxylic acids is 2. The molecule has 9 atom stereocenters. The second-order valence-electron chi connectivity index (χ2n) is 11.8. The highest BCUT2D eigenvalue weighted by atomic mass is 16.6. The summed E-state index contributed by atoms with van der Waals surface area (Å²) in [5.74, 6) is -1.10. The van der Waals surface area contributed by atoms with Crippen molar-refractivity contribution in [2.24, 2.45) is 10.8 Å². The summed E-state index contributed by atoms with van der Waals surface area (Å²) in [6.07, 6.45) is 8.21. The maximum absolute atomic E-state index is 13.2. The van der Waals surface area contributed by atoms with Crippen molar-refractivity contribution >= 4 is 11.9 Å². The highest BCUT2D eigenvalue weighted by Crippen LogP contribution is 2.72. The smallest absolute Gasteiger partial charge is 0.331 e. The Morgan fingerprint density at radius 1 is 1.08 bits per heavy atom. The van der Waals surface area contributed by atoms with Crippen molar-refractivity contribution in [3.05, 3.63) is 47.6 Å². The van der Waals surface area contributed by atoms with E-state index in [0.29, 0.717) is 31.4 Å². The van der Waals surface area contributed by atoms with Crippen LogP contribution in [0.1, 0.15) is 46.5 Å². The van der Waals surface area contributed by atoms with E-state index in [1.165, 1.54) is 36.8 Å². The second kappa shape index (κ2) is 8.86. The van der Waals surface area contributed by atoms with Crippen LogP contribution in [0.3, 0.4) is 0 Å². The minimum absolute atomic E-state index is 0.0519. The van der Waals surface area contributed by atoms with Crippen LogP contribution in [0, 0.1) is 10.8 Å². The summed E-state index contributed by atoms with van der Waals surface area (Å²) in [4.78, 5) is 26.2. The Labute approximate surface area is 222 Å². The molecular weight excluding hydrogens is 492 g/mol. The molecule has 2 spiro atoms. The summed E-state index contributed by atoms with van der Waals surface area (Å²) in [6.45, 7) is 6.43. The molecule has 4 heterocycles. The molecule has 9 heteroatoms. The van der Waals surface area contributed by atoms with Crippen molar-refractivity contribution in [2.75, 3.05) is 19.8 Å². The van der Waals surface area contributed by atoms with E-state index in [4.69, 9.17) is 23.7 Å². The van der Waals surface area contributed by atoms with Crippen LogP contribution < -0.4 is 0 Å². The molecule has 0 aromatic rings. The lowest BCUT2D eigenvalue weighted by Crippen LogP contribution is -2.66. The summed E-state index contributed by atoms with van der Waals surface area (Å²) < 4.78 is 30.6. The van der Waals surface area contributed by atoms with Gasteiger partial charge in [-0.25, -0.2) is 9.59 Å². The molecule has 2 aliphatic carbocycles. The average Bonchev–Trinajstić information content (AvgIpc) is 3.65. The van der Waals surface area contributed by atoms with Gasteiger partial charge in [-0.2, -0.15) is 0 Å². The number of epoxide rings is 1. The predicted octanol–water partition coefficient (Wildman–Crippen LogP) is 2.07. The van der Waals surface area contributed by atoms with Gasteiger partial charge in [-0.3, -0.25) is 0 Å². The van der Waals surface area contributed by atoms with Crippen LogP contribution in [0.4, 0.5) is 0 Å². The number of aliphatic hydroxyl groups excluding tert-OH is 2. The number of esters is 2. The molecule has 0 aromatic carbocycles. The normalized spacial score (nSPS) is 50.0. The SMILES string of the molecule is CC1=C[C@H]2O[C@@H]3C[C@H]4OC(=O)/C=C\C=C\[C@]5([C@H](C)O)OCC/C(=C/C(=O)OC[C@@]2(CC1)[C@]4(C)[C@]31CO1)[C@H]5O. The topological polar surface area (TPSA) is 124 Å².